The first-order chi connectivity index (χ1) is 15.8. The Bertz CT molecular complexity index is 1170. The highest BCUT2D eigenvalue weighted by molar-refractivity contribution is 7.99. The van der Waals surface area contributed by atoms with Crippen molar-refractivity contribution >= 4 is 28.7 Å². The highest BCUT2D eigenvalue weighted by Gasteiger charge is 2.15. The number of aryl methyl sites for hydroxylation is 1. The van der Waals surface area contributed by atoms with E-state index in [1.54, 1.807) is 18.8 Å². The van der Waals surface area contributed by atoms with Crippen LogP contribution >= 0.6 is 11.8 Å². The lowest BCUT2D eigenvalue weighted by molar-refractivity contribution is -0.118. The molecule has 0 radical (unpaired) electrons. The SMILES string of the molecule is COc1ccc(CCNC(=O)CSc2nc3cc(C)[nH]c3c(=O)n2CCC(C)C)cc1OC. The van der Waals surface area contributed by atoms with E-state index in [-0.39, 0.29) is 17.2 Å². The average molecular weight is 473 g/mol. The summed E-state index contributed by atoms with van der Waals surface area (Å²) in [5.41, 5.74) is 2.98. The number of carbonyl (C=O) groups is 1. The second-order valence-electron chi connectivity index (χ2n) is 8.32. The average Bonchev–Trinajstić information content (AvgIpc) is 3.17. The Balaban J connectivity index is 1.62. The van der Waals surface area contributed by atoms with Gasteiger partial charge in [-0.15, -0.1) is 0 Å². The predicted molar refractivity (Wildman–Crippen MR) is 132 cm³/mol. The summed E-state index contributed by atoms with van der Waals surface area (Å²) in [5, 5.41) is 3.51. The van der Waals surface area contributed by atoms with Gasteiger partial charge in [-0.3, -0.25) is 14.2 Å². The summed E-state index contributed by atoms with van der Waals surface area (Å²) in [4.78, 5) is 33.2. The molecule has 9 heteroatoms. The maximum Gasteiger partial charge on any atom is 0.278 e. The normalized spacial score (nSPS) is 11.2. The van der Waals surface area contributed by atoms with Crippen LogP contribution in [0.2, 0.25) is 0 Å². The molecule has 0 atom stereocenters. The second kappa shape index (κ2) is 11.3. The van der Waals surface area contributed by atoms with Crippen LogP contribution < -0.4 is 20.3 Å². The van der Waals surface area contributed by atoms with Gasteiger partial charge in [0, 0.05) is 18.8 Å². The van der Waals surface area contributed by atoms with Crippen LogP contribution in [0, 0.1) is 12.8 Å². The van der Waals surface area contributed by atoms with Gasteiger partial charge in [0.1, 0.15) is 5.52 Å². The van der Waals surface area contributed by atoms with E-state index >= 15 is 0 Å². The van der Waals surface area contributed by atoms with Crippen LogP contribution in [0.15, 0.2) is 34.2 Å². The Morgan fingerprint density at radius 2 is 1.97 bits per heavy atom. The van der Waals surface area contributed by atoms with E-state index in [1.165, 1.54) is 11.8 Å². The van der Waals surface area contributed by atoms with Crippen LogP contribution in [-0.4, -0.2) is 47.0 Å². The van der Waals surface area contributed by atoms with E-state index in [0.717, 1.165) is 17.7 Å². The molecule has 0 saturated heterocycles. The standard InChI is InChI=1S/C24H32N4O4S/c1-15(2)9-11-28-23(30)22-18(12-16(3)26-22)27-24(28)33-14-21(29)25-10-8-17-6-7-19(31-4)20(13-17)32-5/h6-7,12-13,15,26H,8-11,14H2,1-5H3,(H,25,29). The molecule has 33 heavy (non-hydrogen) atoms. The molecule has 3 aromatic rings. The summed E-state index contributed by atoms with van der Waals surface area (Å²) >= 11 is 1.29. The van der Waals surface area contributed by atoms with E-state index < -0.39 is 0 Å². The number of hydrogen-bond donors (Lipinski definition) is 2. The monoisotopic (exact) mass is 472 g/mol. The fourth-order valence-electron chi connectivity index (χ4n) is 3.47. The van der Waals surface area contributed by atoms with Crippen molar-refractivity contribution in [1.82, 2.24) is 19.9 Å². The minimum atomic E-state index is -0.101. The molecule has 2 aromatic heterocycles. The Hall–Kier alpha value is -2.94. The number of thioether (sulfide) groups is 1. The molecule has 1 aromatic carbocycles. The summed E-state index contributed by atoms with van der Waals surface area (Å²) in [7, 11) is 3.20. The molecular weight excluding hydrogens is 440 g/mol. The molecule has 0 aliphatic heterocycles. The van der Waals surface area contributed by atoms with Gasteiger partial charge in [0.15, 0.2) is 16.7 Å². The number of carbonyl (C=O) groups excluding carboxylic acids is 1. The van der Waals surface area contributed by atoms with Crippen molar-refractivity contribution in [3.63, 3.8) is 0 Å². The highest BCUT2D eigenvalue weighted by Crippen LogP contribution is 2.27. The molecule has 3 rings (SSSR count). The van der Waals surface area contributed by atoms with Gasteiger partial charge < -0.3 is 19.8 Å². The van der Waals surface area contributed by atoms with Crippen LogP contribution in [-0.2, 0) is 17.8 Å². The van der Waals surface area contributed by atoms with Crippen LogP contribution in [0.1, 0.15) is 31.5 Å². The molecular formula is C24H32N4O4S. The summed E-state index contributed by atoms with van der Waals surface area (Å²) in [6, 6.07) is 7.57. The zero-order valence-corrected chi connectivity index (χ0v) is 20.7. The smallest absolute Gasteiger partial charge is 0.278 e. The van der Waals surface area contributed by atoms with Crippen molar-refractivity contribution < 1.29 is 14.3 Å². The van der Waals surface area contributed by atoms with E-state index in [0.29, 0.717) is 53.1 Å². The summed E-state index contributed by atoms with van der Waals surface area (Å²) in [6.45, 7) is 7.21. The van der Waals surface area contributed by atoms with Crippen molar-refractivity contribution in [2.75, 3.05) is 26.5 Å². The van der Waals surface area contributed by atoms with Crippen molar-refractivity contribution in [2.45, 2.75) is 45.3 Å². The zero-order valence-electron chi connectivity index (χ0n) is 19.9. The molecule has 8 nitrogen and oxygen atoms in total. The van der Waals surface area contributed by atoms with Gasteiger partial charge in [0.2, 0.25) is 5.91 Å². The largest absolute Gasteiger partial charge is 0.493 e. The highest BCUT2D eigenvalue weighted by atomic mass is 32.2. The fourth-order valence-corrected chi connectivity index (χ4v) is 4.32. The number of amides is 1. The number of aromatic nitrogens is 3. The van der Waals surface area contributed by atoms with Crippen molar-refractivity contribution in [2.24, 2.45) is 5.92 Å². The molecule has 0 spiro atoms. The Kier molecular flexibility index (Phi) is 8.43. The van der Waals surface area contributed by atoms with Gasteiger partial charge in [0.25, 0.3) is 5.56 Å². The number of fused-ring (bicyclic) bond motifs is 1. The Labute approximate surface area is 198 Å². The molecule has 0 aliphatic rings. The molecule has 0 unspecified atom stereocenters. The van der Waals surface area contributed by atoms with Crippen LogP contribution in [0.25, 0.3) is 11.0 Å². The molecule has 178 valence electrons. The quantitative estimate of drug-likeness (QED) is 0.327. The van der Waals surface area contributed by atoms with E-state index in [9.17, 15) is 9.59 Å². The summed E-state index contributed by atoms with van der Waals surface area (Å²) < 4.78 is 12.3. The molecule has 2 N–H and O–H groups in total. The van der Waals surface area contributed by atoms with Gasteiger partial charge in [-0.2, -0.15) is 0 Å². The number of ether oxygens (including phenoxy) is 2. The zero-order chi connectivity index (χ0) is 24.0. The Morgan fingerprint density at radius 3 is 2.67 bits per heavy atom. The van der Waals surface area contributed by atoms with Crippen LogP contribution in [0.5, 0.6) is 11.5 Å². The van der Waals surface area contributed by atoms with Crippen molar-refractivity contribution in [3.8, 4) is 11.5 Å². The van der Waals surface area contributed by atoms with Gasteiger partial charge in [-0.05, 0) is 49.4 Å². The van der Waals surface area contributed by atoms with Crippen molar-refractivity contribution in [3.05, 3.63) is 45.9 Å². The third-order valence-electron chi connectivity index (χ3n) is 5.28. The number of H-pyrrole nitrogens is 1. The number of rotatable bonds is 11. The van der Waals surface area contributed by atoms with Crippen molar-refractivity contribution in [1.29, 1.82) is 0 Å². The fraction of sp³-hybridized carbons (Fsp3) is 0.458. The van der Waals surface area contributed by atoms with Gasteiger partial charge in [-0.1, -0.05) is 31.7 Å². The summed E-state index contributed by atoms with van der Waals surface area (Å²) in [5.74, 6) is 1.88. The first kappa shape index (κ1) is 24.7. The van der Waals surface area contributed by atoms with Gasteiger partial charge in [-0.25, -0.2) is 4.98 Å². The lowest BCUT2D eigenvalue weighted by Gasteiger charge is -2.13. The van der Waals surface area contributed by atoms with Gasteiger partial charge in [0.05, 0.1) is 25.5 Å². The number of benzene rings is 1. The summed E-state index contributed by atoms with van der Waals surface area (Å²) in [6.07, 6.45) is 1.53. The topological polar surface area (TPSA) is 98.2 Å². The molecule has 0 saturated carbocycles. The number of nitrogens with zero attached hydrogens (tertiary/aromatic N) is 2. The lowest BCUT2D eigenvalue weighted by atomic mass is 10.1. The molecule has 0 aliphatic carbocycles. The Morgan fingerprint density at radius 1 is 1.21 bits per heavy atom. The third-order valence-corrected chi connectivity index (χ3v) is 6.26. The predicted octanol–water partition coefficient (Wildman–Crippen LogP) is 3.55. The molecule has 0 fully saturated rings. The first-order valence-corrected chi connectivity index (χ1v) is 12.0. The lowest BCUT2D eigenvalue weighted by Crippen LogP contribution is -2.28. The van der Waals surface area contributed by atoms with E-state index in [2.05, 4.69) is 29.1 Å². The maximum atomic E-state index is 13.0. The molecule has 0 bridgehead atoms. The number of nitrogens with one attached hydrogen (secondary N) is 2. The third kappa shape index (κ3) is 6.31. The number of methoxy groups -OCH3 is 2. The van der Waals surface area contributed by atoms with Crippen LogP contribution in [0.3, 0.4) is 0 Å². The van der Waals surface area contributed by atoms with Crippen LogP contribution in [0.4, 0.5) is 0 Å². The number of aromatic amines is 1. The van der Waals surface area contributed by atoms with E-state index in [1.807, 2.05) is 31.2 Å². The minimum Gasteiger partial charge on any atom is -0.493 e. The molecule has 2 heterocycles. The minimum absolute atomic E-state index is 0.0925. The first-order valence-electron chi connectivity index (χ1n) is 11.0. The van der Waals surface area contributed by atoms with Gasteiger partial charge >= 0.3 is 0 Å². The van der Waals surface area contributed by atoms with E-state index in [4.69, 9.17) is 9.47 Å². The molecule has 1 amide bonds. The number of hydrogen-bond acceptors (Lipinski definition) is 6. The maximum absolute atomic E-state index is 13.0. The second-order valence-corrected chi connectivity index (χ2v) is 9.27.